The molecule has 0 spiro atoms. The standard InChI is InChI=1S/C34H47NO4/c1-31(2)27-13-12-26-25(32(27,3)18-17-28(31)36)16-20-33(4)24(15-19-34(26,33)5)23(11-14-29(35)37)30(38)39-21-22-9-7-6-8-10-22/h6-10,23-24,27H,11-21H2,1-5H3,(H2,35,37)/t23-,24-,27-,32+,33-,34+/m0/s1. The van der Waals surface area contributed by atoms with Crippen molar-refractivity contribution in [3.63, 3.8) is 0 Å². The summed E-state index contributed by atoms with van der Waals surface area (Å²) in [6, 6.07) is 9.77. The Balaban J connectivity index is 1.45. The number of amides is 1. The van der Waals surface area contributed by atoms with Crippen molar-refractivity contribution in [2.75, 3.05) is 0 Å². The topological polar surface area (TPSA) is 86.5 Å². The number of carbonyl (C=O) groups excluding carboxylic acids is 3. The Hall–Kier alpha value is -2.43. The largest absolute Gasteiger partial charge is 0.461 e. The van der Waals surface area contributed by atoms with Gasteiger partial charge in [0.1, 0.15) is 12.4 Å². The Labute approximate surface area is 234 Å². The highest BCUT2D eigenvalue weighted by molar-refractivity contribution is 5.86. The van der Waals surface area contributed by atoms with Crippen LogP contribution in [0.5, 0.6) is 0 Å². The summed E-state index contributed by atoms with van der Waals surface area (Å²) in [6.07, 6.45) is 8.47. The number of nitrogens with two attached hydrogens (primary N) is 1. The van der Waals surface area contributed by atoms with E-state index < -0.39 is 0 Å². The van der Waals surface area contributed by atoms with Crippen molar-refractivity contribution in [2.45, 2.75) is 105 Å². The zero-order chi connectivity index (χ0) is 28.2. The van der Waals surface area contributed by atoms with Gasteiger partial charge in [0.15, 0.2) is 0 Å². The van der Waals surface area contributed by atoms with Gasteiger partial charge in [-0.1, -0.05) is 76.1 Å². The van der Waals surface area contributed by atoms with Gasteiger partial charge in [0.2, 0.25) is 5.91 Å². The van der Waals surface area contributed by atoms with Gasteiger partial charge in [-0.25, -0.2) is 0 Å². The number of ketones is 1. The highest BCUT2D eigenvalue weighted by Crippen LogP contribution is 2.72. The van der Waals surface area contributed by atoms with Gasteiger partial charge in [-0.15, -0.1) is 0 Å². The Kier molecular flexibility index (Phi) is 7.13. The number of ether oxygens (including phenoxy) is 1. The third kappa shape index (κ3) is 4.39. The van der Waals surface area contributed by atoms with E-state index in [0.717, 1.165) is 50.5 Å². The molecule has 2 fully saturated rings. The van der Waals surface area contributed by atoms with E-state index >= 15 is 0 Å². The first-order valence-corrected chi connectivity index (χ1v) is 15.1. The van der Waals surface area contributed by atoms with Crippen LogP contribution in [0.15, 0.2) is 41.5 Å². The molecule has 0 saturated heterocycles. The lowest BCUT2D eigenvalue weighted by molar-refractivity contribution is -0.155. The Bertz CT molecular complexity index is 1180. The number of benzene rings is 1. The summed E-state index contributed by atoms with van der Waals surface area (Å²) >= 11 is 0. The van der Waals surface area contributed by atoms with Gasteiger partial charge >= 0.3 is 5.97 Å². The number of Topliss-reactive ketones (excluding diaryl/α,β-unsaturated/α-hetero) is 1. The third-order valence-corrected chi connectivity index (χ3v) is 12.3. The van der Waals surface area contributed by atoms with Crippen molar-refractivity contribution in [1.29, 1.82) is 0 Å². The summed E-state index contributed by atoms with van der Waals surface area (Å²) in [5.74, 6) is 0.0664. The molecule has 0 radical (unpaired) electrons. The van der Waals surface area contributed by atoms with Gasteiger partial charge in [0.25, 0.3) is 0 Å². The highest BCUT2D eigenvalue weighted by Gasteiger charge is 2.64. The van der Waals surface area contributed by atoms with Crippen molar-refractivity contribution in [3.8, 4) is 0 Å². The first-order chi connectivity index (χ1) is 18.3. The maximum atomic E-state index is 13.6. The Morgan fingerprint density at radius 2 is 1.67 bits per heavy atom. The molecule has 5 rings (SSSR count). The van der Waals surface area contributed by atoms with Crippen molar-refractivity contribution < 1.29 is 19.1 Å². The summed E-state index contributed by atoms with van der Waals surface area (Å²) in [5.41, 5.74) is 9.54. The van der Waals surface area contributed by atoms with Crippen molar-refractivity contribution in [3.05, 3.63) is 47.0 Å². The summed E-state index contributed by atoms with van der Waals surface area (Å²) in [4.78, 5) is 38.4. The highest BCUT2D eigenvalue weighted by atomic mass is 16.5. The van der Waals surface area contributed by atoms with Crippen LogP contribution in [0, 0.1) is 39.4 Å². The molecule has 0 bridgehead atoms. The molecule has 5 heteroatoms. The summed E-state index contributed by atoms with van der Waals surface area (Å²) in [6.45, 7) is 11.9. The second kappa shape index (κ2) is 9.89. The average Bonchev–Trinajstić information content (AvgIpc) is 3.17. The number of esters is 1. The van der Waals surface area contributed by atoms with E-state index in [0.29, 0.717) is 24.5 Å². The van der Waals surface area contributed by atoms with Crippen LogP contribution >= 0.6 is 0 Å². The van der Waals surface area contributed by atoms with Gasteiger partial charge in [0, 0.05) is 18.3 Å². The maximum absolute atomic E-state index is 13.6. The van der Waals surface area contributed by atoms with Gasteiger partial charge in [-0.05, 0) is 85.0 Å². The minimum Gasteiger partial charge on any atom is -0.461 e. The minimum atomic E-state index is -0.365. The predicted molar refractivity (Wildman–Crippen MR) is 152 cm³/mol. The van der Waals surface area contributed by atoms with Crippen LogP contribution in [-0.4, -0.2) is 17.7 Å². The van der Waals surface area contributed by atoms with Crippen LogP contribution in [0.4, 0.5) is 0 Å². The number of carbonyl (C=O) groups is 3. The average molecular weight is 534 g/mol. The molecule has 1 amide bonds. The number of hydrogen-bond acceptors (Lipinski definition) is 4. The van der Waals surface area contributed by atoms with Crippen LogP contribution in [0.2, 0.25) is 0 Å². The first-order valence-electron chi connectivity index (χ1n) is 15.1. The number of allylic oxidation sites excluding steroid dienone is 2. The summed E-state index contributed by atoms with van der Waals surface area (Å²) < 4.78 is 5.88. The van der Waals surface area contributed by atoms with E-state index in [4.69, 9.17) is 10.5 Å². The van der Waals surface area contributed by atoms with Crippen LogP contribution in [0.25, 0.3) is 0 Å². The van der Waals surface area contributed by atoms with E-state index in [-0.39, 0.29) is 58.4 Å². The molecule has 5 nitrogen and oxygen atoms in total. The summed E-state index contributed by atoms with van der Waals surface area (Å²) in [7, 11) is 0. The SMILES string of the molecule is CC1(C)C(=O)CC[C@]2(C)C3=C(CC[C@@H]12)[C@@]1(C)CC[C@@H]([C@H](CCC(N)=O)C(=O)OCc2ccccc2)[C@]1(C)CC3. The lowest BCUT2D eigenvalue weighted by Gasteiger charge is -2.60. The maximum Gasteiger partial charge on any atom is 0.309 e. The molecule has 1 aromatic carbocycles. The van der Waals surface area contributed by atoms with Crippen molar-refractivity contribution in [2.24, 2.45) is 45.1 Å². The zero-order valence-corrected chi connectivity index (χ0v) is 24.6. The van der Waals surface area contributed by atoms with Gasteiger partial charge in [-0.2, -0.15) is 0 Å². The van der Waals surface area contributed by atoms with Crippen molar-refractivity contribution in [1.82, 2.24) is 0 Å². The monoisotopic (exact) mass is 533 g/mol. The molecule has 2 N–H and O–H groups in total. The molecule has 1 aromatic rings. The lowest BCUT2D eigenvalue weighted by atomic mass is 9.43. The van der Waals surface area contributed by atoms with E-state index in [2.05, 4.69) is 34.6 Å². The van der Waals surface area contributed by atoms with Crippen LogP contribution in [0.3, 0.4) is 0 Å². The molecule has 0 unspecified atom stereocenters. The second-order valence-corrected chi connectivity index (χ2v) is 14.2. The molecule has 4 aliphatic carbocycles. The van der Waals surface area contributed by atoms with Gasteiger partial charge in [-0.3, -0.25) is 14.4 Å². The first kappa shape index (κ1) is 28.1. The zero-order valence-electron chi connectivity index (χ0n) is 24.6. The van der Waals surface area contributed by atoms with E-state index in [1.807, 2.05) is 30.3 Å². The number of fused-ring (bicyclic) bond motifs is 4. The minimum absolute atomic E-state index is 0.00944. The van der Waals surface area contributed by atoms with E-state index in [1.165, 1.54) is 0 Å². The fraction of sp³-hybridized carbons (Fsp3) is 0.676. The number of rotatable bonds is 7. The molecular formula is C34H47NO4. The molecule has 2 saturated carbocycles. The number of primary amides is 1. The predicted octanol–water partition coefficient (Wildman–Crippen LogP) is 6.93. The fourth-order valence-corrected chi connectivity index (χ4v) is 9.79. The fourth-order valence-electron chi connectivity index (χ4n) is 9.79. The molecule has 0 heterocycles. The Morgan fingerprint density at radius 3 is 2.36 bits per heavy atom. The molecule has 4 aliphatic rings. The second-order valence-electron chi connectivity index (χ2n) is 14.2. The van der Waals surface area contributed by atoms with Crippen LogP contribution in [0.1, 0.15) is 104 Å². The third-order valence-electron chi connectivity index (χ3n) is 12.3. The van der Waals surface area contributed by atoms with Crippen LogP contribution < -0.4 is 5.73 Å². The molecule has 6 atom stereocenters. The molecule has 39 heavy (non-hydrogen) atoms. The number of hydrogen-bond donors (Lipinski definition) is 1. The van der Waals surface area contributed by atoms with Gasteiger partial charge in [0.05, 0.1) is 5.92 Å². The van der Waals surface area contributed by atoms with Crippen LogP contribution in [-0.2, 0) is 25.7 Å². The molecular weight excluding hydrogens is 486 g/mol. The Morgan fingerprint density at radius 1 is 0.949 bits per heavy atom. The van der Waals surface area contributed by atoms with E-state index in [1.54, 1.807) is 11.1 Å². The quantitative estimate of drug-likeness (QED) is 0.304. The molecule has 0 aliphatic heterocycles. The normalized spacial score (nSPS) is 36.0. The molecule has 212 valence electrons. The van der Waals surface area contributed by atoms with E-state index in [9.17, 15) is 14.4 Å². The van der Waals surface area contributed by atoms with Crippen molar-refractivity contribution >= 4 is 17.7 Å². The summed E-state index contributed by atoms with van der Waals surface area (Å²) in [5, 5.41) is 0. The lowest BCUT2D eigenvalue weighted by Crippen LogP contribution is -2.54. The molecule has 0 aromatic heterocycles. The smallest absolute Gasteiger partial charge is 0.309 e. The van der Waals surface area contributed by atoms with Gasteiger partial charge < -0.3 is 10.5 Å².